The predicted octanol–water partition coefficient (Wildman–Crippen LogP) is 5.36. The molecular weight excluding hydrogens is 414 g/mol. The molecule has 5 nitrogen and oxygen atoms in total. The Balaban J connectivity index is 1.66. The third kappa shape index (κ3) is 5.45. The summed E-state index contributed by atoms with van der Waals surface area (Å²) >= 11 is 0. The number of pyridine rings is 1. The average Bonchev–Trinajstić information content (AvgIpc) is 2.84. The van der Waals surface area contributed by atoms with Gasteiger partial charge in [-0.25, -0.2) is 0 Å². The van der Waals surface area contributed by atoms with E-state index in [-0.39, 0.29) is 12.6 Å². The minimum absolute atomic E-state index is 0.00637. The third-order valence-corrected chi connectivity index (χ3v) is 5.49. The number of rotatable bonds is 10. The number of methoxy groups -OCH3 is 1. The van der Waals surface area contributed by atoms with Crippen molar-refractivity contribution in [3.63, 3.8) is 0 Å². The largest absolute Gasteiger partial charge is 0.464 e. The van der Waals surface area contributed by atoms with E-state index < -0.39 is 0 Å². The van der Waals surface area contributed by atoms with Crippen LogP contribution >= 0.6 is 0 Å². The highest BCUT2D eigenvalue weighted by Crippen LogP contribution is 2.32. The molecule has 168 valence electrons. The summed E-state index contributed by atoms with van der Waals surface area (Å²) in [6.45, 7) is 2.89. The van der Waals surface area contributed by atoms with Crippen molar-refractivity contribution in [2.75, 3.05) is 27.1 Å². The minimum atomic E-state index is -0.109. The van der Waals surface area contributed by atoms with Crippen molar-refractivity contribution >= 4 is 16.7 Å². The number of nitrogens with zero attached hydrogens (tertiary/aromatic N) is 1. The van der Waals surface area contributed by atoms with Crippen LogP contribution in [0.25, 0.3) is 10.9 Å². The molecule has 0 saturated heterocycles. The molecule has 0 fully saturated rings. The minimum Gasteiger partial charge on any atom is -0.464 e. The van der Waals surface area contributed by atoms with Gasteiger partial charge in [0.05, 0.1) is 18.8 Å². The van der Waals surface area contributed by atoms with Crippen LogP contribution in [0.1, 0.15) is 32.6 Å². The predicted molar refractivity (Wildman–Crippen MR) is 129 cm³/mol. The topological polar surface area (TPSA) is 57.7 Å². The van der Waals surface area contributed by atoms with Gasteiger partial charge in [-0.05, 0) is 48.2 Å². The number of ether oxygens (including phenoxy) is 3. The SMILES string of the molecule is COCCOCOc1c(C(=O)c2cccc(Cc3ccccc3)c2)ccc2c(C)ccnc12. The van der Waals surface area contributed by atoms with E-state index in [1.54, 1.807) is 13.3 Å². The Bertz CT molecular complexity index is 1240. The monoisotopic (exact) mass is 441 g/mol. The van der Waals surface area contributed by atoms with E-state index in [1.165, 1.54) is 5.56 Å². The Morgan fingerprint density at radius 1 is 0.909 bits per heavy atom. The first kappa shape index (κ1) is 22.6. The highest BCUT2D eigenvalue weighted by molar-refractivity contribution is 6.13. The number of ketones is 1. The van der Waals surface area contributed by atoms with Crippen molar-refractivity contribution in [1.82, 2.24) is 4.98 Å². The summed E-state index contributed by atoms with van der Waals surface area (Å²) in [6.07, 6.45) is 2.49. The molecule has 0 saturated carbocycles. The van der Waals surface area contributed by atoms with Crippen molar-refractivity contribution in [3.05, 3.63) is 107 Å². The lowest BCUT2D eigenvalue weighted by molar-refractivity contribution is -0.00812. The number of benzene rings is 3. The molecule has 0 spiro atoms. The van der Waals surface area contributed by atoms with E-state index in [4.69, 9.17) is 14.2 Å². The molecule has 5 heteroatoms. The fourth-order valence-corrected chi connectivity index (χ4v) is 3.77. The van der Waals surface area contributed by atoms with Gasteiger partial charge in [0.2, 0.25) is 0 Å². The second-order valence-corrected chi connectivity index (χ2v) is 7.82. The number of carbonyl (C=O) groups is 1. The molecule has 0 unspecified atom stereocenters. The highest BCUT2D eigenvalue weighted by Gasteiger charge is 2.19. The summed E-state index contributed by atoms with van der Waals surface area (Å²) in [6, 6.07) is 23.6. The van der Waals surface area contributed by atoms with Crippen LogP contribution in [-0.2, 0) is 15.9 Å². The molecule has 0 atom stereocenters. The van der Waals surface area contributed by atoms with Crippen LogP contribution in [0.3, 0.4) is 0 Å². The molecular formula is C28H27NO4. The molecule has 4 rings (SSSR count). The van der Waals surface area contributed by atoms with Crippen molar-refractivity contribution in [2.45, 2.75) is 13.3 Å². The van der Waals surface area contributed by atoms with Crippen LogP contribution in [0.2, 0.25) is 0 Å². The number of fused-ring (bicyclic) bond motifs is 1. The molecule has 0 aliphatic rings. The Kier molecular flexibility index (Phi) is 7.45. The number of hydrogen-bond acceptors (Lipinski definition) is 5. The summed E-state index contributed by atoms with van der Waals surface area (Å²) < 4.78 is 16.5. The molecule has 0 N–H and O–H groups in total. The lowest BCUT2D eigenvalue weighted by atomic mass is 9.96. The van der Waals surface area contributed by atoms with E-state index in [0.29, 0.717) is 35.6 Å². The number of carbonyl (C=O) groups excluding carboxylic acids is 1. The van der Waals surface area contributed by atoms with Crippen LogP contribution in [0.4, 0.5) is 0 Å². The van der Waals surface area contributed by atoms with Crippen LogP contribution < -0.4 is 4.74 Å². The van der Waals surface area contributed by atoms with E-state index in [9.17, 15) is 4.79 Å². The quantitative estimate of drug-likeness (QED) is 0.188. The second kappa shape index (κ2) is 10.9. The summed E-state index contributed by atoms with van der Waals surface area (Å²) in [5.74, 6) is 0.328. The van der Waals surface area contributed by atoms with Gasteiger partial charge in [-0.2, -0.15) is 0 Å². The highest BCUT2D eigenvalue weighted by atomic mass is 16.7. The molecule has 1 heterocycles. The van der Waals surface area contributed by atoms with Gasteiger partial charge >= 0.3 is 0 Å². The molecule has 1 aromatic heterocycles. The first-order chi connectivity index (χ1) is 16.2. The Hall–Kier alpha value is -3.54. The Labute approximate surface area is 194 Å². The van der Waals surface area contributed by atoms with Crippen molar-refractivity contribution < 1.29 is 19.0 Å². The van der Waals surface area contributed by atoms with Crippen LogP contribution in [0, 0.1) is 6.92 Å². The van der Waals surface area contributed by atoms with Crippen molar-refractivity contribution in [2.24, 2.45) is 0 Å². The Morgan fingerprint density at radius 2 is 1.73 bits per heavy atom. The van der Waals surface area contributed by atoms with Crippen LogP contribution in [0.15, 0.2) is 79.0 Å². The molecule has 33 heavy (non-hydrogen) atoms. The maximum atomic E-state index is 13.6. The molecule has 4 aromatic rings. The number of aromatic nitrogens is 1. The average molecular weight is 442 g/mol. The maximum absolute atomic E-state index is 13.6. The zero-order valence-corrected chi connectivity index (χ0v) is 18.9. The van der Waals surface area contributed by atoms with Crippen molar-refractivity contribution in [1.29, 1.82) is 0 Å². The van der Waals surface area contributed by atoms with Gasteiger partial charge in [-0.1, -0.05) is 54.6 Å². The third-order valence-electron chi connectivity index (χ3n) is 5.49. The molecule has 0 aliphatic heterocycles. The first-order valence-corrected chi connectivity index (χ1v) is 10.9. The fourth-order valence-electron chi connectivity index (χ4n) is 3.77. The second-order valence-electron chi connectivity index (χ2n) is 7.82. The molecule has 0 radical (unpaired) electrons. The van der Waals surface area contributed by atoms with Gasteiger partial charge in [-0.15, -0.1) is 0 Å². The molecule has 0 amide bonds. The number of aryl methyl sites for hydroxylation is 1. The zero-order valence-electron chi connectivity index (χ0n) is 18.9. The summed E-state index contributed by atoms with van der Waals surface area (Å²) in [5, 5.41) is 0.943. The van der Waals surface area contributed by atoms with Crippen LogP contribution in [-0.4, -0.2) is 37.9 Å². The number of hydrogen-bond donors (Lipinski definition) is 0. The van der Waals surface area contributed by atoms with E-state index in [1.807, 2.05) is 67.6 Å². The normalized spacial score (nSPS) is 11.0. The summed E-state index contributed by atoms with van der Waals surface area (Å²) in [5.41, 5.74) is 5.07. The smallest absolute Gasteiger partial charge is 0.196 e. The molecule has 0 bridgehead atoms. The standard InChI is InChI=1S/C28H27NO4/c1-20-13-14-29-26-24(20)11-12-25(28(26)33-19-32-16-15-31-2)27(30)23-10-6-9-22(18-23)17-21-7-4-3-5-8-21/h3-14,18H,15-17,19H2,1-2H3. The van der Waals surface area contributed by atoms with Gasteiger partial charge in [-0.3, -0.25) is 9.78 Å². The van der Waals surface area contributed by atoms with Gasteiger partial charge < -0.3 is 14.2 Å². The van der Waals surface area contributed by atoms with Crippen LogP contribution in [0.5, 0.6) is 5.75 Å². The lowest BCUT2D eigenvalue weighted by Crippen LogP contribution is -2.11. The lowest BCUT2D eigenvalue weighted by Gasteiger charge is -2.15. The van der Waals surface area contributed by atoms with Gasteiger partial charge in [0.15, 0.2) is 18.3 Å². The molecule has 3 aromatic carbocycles. The van der Waals surface area contributed by atoms with E-state index >= 15 is 0 Å². The van der Waals surface area contributed by atoms with Gasteiger partial charge in [0.1, 0.15) is 5.52 Å². The Morgan fingerprint density at radius 3 is 2.55 bits per heavy atom. The van der Waals surface area contributed by atoms with Gasteiger partial charge in [0.25, 0.3) is 0 Å². The van der Waals surface area contributed by atoms with E-state index in [0.717, 1.165) is 22.9 Å². The van der Waals surface area contributed by atoms with Crippen molar-refractivity contribution in [3.8, 4) is 5.75 Å². The zero-order chi connectivity index (χ0) is 23.0. The van der Waals surface area contributed by atoms with E-state index in [2.05, 4.69) is 17.1 Å². The summed E-state index contributed by atoms with van der Waals surface area (Å²) in [7, 11) is 1.62. The maximum Gasteiger partial charge on any atom is 0.196 e. The fraction of sp³-hybridized carbons (Fsp3) is 0.214. The first-order valence-electron chi connectivity index (χ1n) is 10.9. The molecule has 0 aliphatic carbocycles. The van der Waals surface area contributed by atoms with Gasteiger partial charge in [0, 0.05) is 24.3 Å². The summed E-state index contributed by atoms with van der Waals surface area (Å²) in [4.78, 5) is 18.1.